The van der Waals surface area contributed by atoms with E-state index < -0.39 is 23.0 Å². The number of aliphatic hydroxyl groups is 1. The van der Waals surface area contributed by atoms with Crippen LogP contribution in [-0.4, -0.2) is 77.7 Å². The quantitative estimate of drug-likeness (QED) is 0.470. The van der Waals surface area contributed by atoms with Gasteiger partial charge in [0.25, 0.3) is 0 Å². The van der Waals surface area contributed by atoms with Crippen LogP contribution in [0, 0.1) is 5.41 Å². The van der Waals surface area contributed by atoms with Crippen molar-refractivity contribution in [2.75, 3.05) is 17.3 Å². The average molecular weight is 544 g/mol. The van der Waals surface area contributed by atoms with Gasteiger partial charge in [0.2, 0.25) is 0 Å². The number of carboxylic acids is 1. The minimum absolute atomic E-state index is 0. The second-order valence-corrected chi connectivity index (χ2v) is 11.8. The zero-order valence-corrected chi connectivity index (χ0v) is 21.2. The predicted molar refractivity (Wildman–Crippen MR) is 130 cm³/mol. The second-order valence-electron chi connectivity index (χ2n) is 8.72. The van der Waals surface area contributed by atoms with Crippen LogP contribution in [0.5, 0.6) is 5.75 Å². The fourth-order valence-electron chi connectivity index (χ4n) is 3.74. The summed E-state index contributed by atoms with van der Waals surface area (Å²) in [6, 6.07) is 6.93. The molecule has 0 aliphatic carbocycles. The normalized spacial score (nSPS) is 31.1. The number of phenolic OH excluding ortho intramolecular Hbond substituents is 1. The van der Waals surface area contributed by atoms with Gasteiger partial charge in [-0.2, -0.15) is 11.8 Å². The number of aliphatic imine (C=N–C) groups is 2. The monoisotopic (exact) mass is 543 g/mol. The molecule has 0 spiro atoms. The fourth-order valence-corrected chi connectivity index (χ4v) is 7.63. The van der Waals surface area contributed by atoms with E-state index in [-0.39, 0.29) is 40.3 Å². The van der Waals surface area contributed by atoms with Crippen LogP contribution in [0.15, 0.2) is 34.3 Å². The van der Waals surface area contributed by atoms with Gasteiger partial charge in [-0.3, -0.25) is 9.98 Å². The predicted octanol–water partition coefficient (Wildman–Crippen LogP) is 3.44. The van der Waals surface area contributed by atoms with Crippen molar-refractivity contribution in [1.82, 2.24) is 0 Å². The van der Waals surface area contributed by atoms with Gasteiger partial charge in [-0.15, -0.1) is 23.5 Å². The van der Waals surface area contributed by atoms with Crippen molar-refractivity contribution in [3.63, 3.8) is 0 Å². The smallest absolute Gasteiger partial charge is 0.643 e. The summed E-state index contributed by atoms with van der Waals surface area (Å²) in [5.74, 6) is 1.13. The third-order valence-corrected chi connectivity index (χ3v) is 9.88. The van der Waals surface area contributed by atoms with E-state index >= 15 is 0 Å². The van der Waals surface area contributed by atoms with Gasteiger partial charge in [0.05, 0.1) is 11.1 Å². The number of rotatable bonds is 6. The van der Waals surface area contributed by atoms with Crippen LogP contribution in [-0.2, 0) is 21.9 Å². The topological polar surface area (TPSA) is 117 Å². The molecule has 3 aliphatic heterocycles. The molecule has 4 rings (SSSR count). The molecule has 1 aromatic rings. The van der Waals surface area contributed by atoms with E-state index in [9.17, 15) is 20.1 Å². The number of hydrogen-bond donors (Lipinski definition) is 3. The molecule has 3 N–H and O–H groups in total. The van der Waals surface area contributed by atoms with E-state index in [1.54, 1.807) is 42.6 Å². The maximum Gasteiger partial charge on any atom is 1.00 e. The Labute approximate surface area is 211 Å². The minimum Gasteiger partial charge on any atom is -0.643 e. The Morgan fingerprint density at radius 1 is 1.28 bits per heavy atom. The molecular formula is C21H26CuN3O4S3. The molecular weight excluding hydrogens is 518 g/mol. The van der Waals surface area contributed by atoms with Crippen LogP contribution < -0.4 is 0 Å². The summed E-state index contributed by atoms with van der Waals surface area (Å²) in [6.45, 7) is 5.43. The van der Waals surface area contributed by atoms with Gasteiger partial charge in [0, 0.05) is 28.6 Å². The molecule has 5 atom stereocenters. The molecule has 1 saturated heterocycles. The van der Waals surface area contributed by atoms with Gasteiger partial charge < -0.3 is 20.6 Å². The molecule has 0 saturated carbocycles. The summed E-state index contributed by atoms with van der Waals surface area (Å²) in [6.07, 6.45) is -0.761. The summed E-state index contributed by atoms with van der Waals surface area (Å²) in [4.78, 5) is 20.8. The van der Waals surface area contributed by atoms with Crippen molar-refractivity contribution in [2.45, 2.75) is 49.9 Å². The molecule has 1 unspecified atom stereocenters. The van der Waals surface area contributed by atoms with Gasteiger partial charge in [-0.1, -0.05) is 37.4 Å². The molecule has 0 amide bonds. The molecule has 0 bridgehead atoms. The van der Waals surface area contributed by atoms with Crippen molar-refractivity contribution in [1.29, 1.82) is 0 Å². The van der Waals surface area contributed by atoms with Crippen LogP contribution in [0.1, 0.15) is 26.3 Å². The Morgan fingerprint density at radius 3 is 2.66 bits per heavy atom. The number of carboxylic acid groups (broad SMARTS) is 1. The first-order valence-electron chi connectivity index (χ1n) is 10.1. The van der Waals surface area contributed by atoms with Crippen molar-refractivity contribution in [2.24, 2.45) is 15.4 Å². The second kappa shape index (κ2) is 9.90. The number of aromatic hydroxyl groups is 1. The first-order valence-corrected chi connectivity index (χ1v) is 13.1. The van der Waals surface area contributed by atoms with Gasteiger partial charge in [-0.05, 0) is 24.8 Å². The van der Waals surface area contributed by atoms with E-state index in [1.807, 2.05) is 26.0 Å². The number of carbonyl (C=O) groups is 1. The van der Waals surface area contributed by atoms with Gasteiger partial charge >= 0.3 is 23.0 Å². The largest absolute Gasteiger partial charge is 1.00 e. The Hall–Kier alpha value is -0.681. The van der Waals surface area contributed by atoms with Gasteiger partial charge in [-0.25, -0.2) is 4.79 Å². The fraction of sp³-hybridized carbons (Fsp3) is 0.571. The molecule has 7 nitrogen and oxygen atoms in total. The van der Waals surface area contributed by atoms with E-state index in [0.717, 1.165) is 16.4 Å². The third kappa shape index (κ3) is 4.89. The number of benzene rings is 1. The van der Waals surface area contributed by atoms with Crippen molar-refractivity contribution in [3.05, 3.63) is 35.1 Å². The molecule has 32 heavy (non-hydrogen) atoms. The SMILES string of the molecule is CC(C)(C1=N[C@@](C)(C(=O)O)CS1)[C@H](O)[C@@H]1CSC([C@H]2CSC(c3ccccc3O)=N2)[N-]1.[Cu+]. The van der Waals surface area contributed by atoms with Crippen LogP contribution in [0.2, 0.25) is 0 Å². The first-order chi connectivity index (χ1) is 14.6. The van der Waals surface area contributed by atoms with Crippen molar-refractivity contribution >= 4 is 51.3 Å². The van der Waals surface area contributed by atoms with E-state index in [4.69, 9.17) is 10.3 Å². The van der Waals surface area contributed by atoms with E-state index in [2.05, 4.69) is 4.99 Å². The standard InChI is InChI=1S/C21H26N3O4S3.Cu/c1-20(2,18-24-21(3,10-31-18)19(27)28)15(26)12-8-30-17(22-12)13-9-29-16(23-13)11-6-4-5-7-14(11)25;/h4-7,12-13,15,17,25-26H,8-10H2,1-3H3,(H,27,28);/q-1;+1/t12-,13+,15+,17?,21+;/m0./s1. The zero-order chi connectivity index (χ0) is 22.4. The number of aliphatic carboxylic acids is 1. The van der Waals surface area contributed by atoms with Crippen LogP contribution in [0.4, 0.5) is 0 Å². The number of thioether (sulfide) groups is 3. The first kappa shape index (κ1) is 25.9. The molecule has 0 radical (unpaired) electrons. The number of para-hydroxylation sites is 1. The number of hydrogen-bond acceptors (Lipinski definition) is 8. The van der Waals surface area contributed by atoms with Gasteiger partial charge in [0.1, 0.15) is 10.8 Å². The summed E-state index contributed by atoms with van der Waals surface area (Å²) in [5.41, 5.74) is -1.08. The molecule has 3 heterocycles. The molecule has 0 aromatic heterocycles. The molecule has 178 valence electrons. The van der Waals surface area contributed by atoms with E-state index in [1.165, 1.54) is 11.8 Å². The average Bonchev–Trinajstić information content (AvgIpc) is 3.47. The number of phenols is 1. The number of nitrogens with zero attached hydrogens (tertiary/aromatic N) is 3. The maximum absolute atomic E-state index is 11.5. The third-order valence-electron chi connectivity index (χ3n) is 5.87. The number of aliphatic hydroxyl groups excluding tert-OH is 1. The Morgan fingerprint density at radius 2 is 2.00 bits per heavy atom. The Kier molecular flexibility index (Phi) is 8.02. The minimum atomic E-state index is -1.14. The summed E-state index contributed by atoms with van der Waals surface area (Å²) in [7, 11) is 0. The van der Waals surface area contributed by atoms with Crippen LogP contribution >= 0.6 is 35.3 Å². The molecule has 3 aliphatic rings. The van der Waals surface area contributed by atoms with Crippen LogP contribution in [0.25, 0.3) is 5.32 Å². The summed E-state index contributed by atoms with van der Waals surface area (Å²) < 4.78 is 0. The Bertz CT molecular complexity index is 945. The van der Waals surface area contributed by atoms with Crippen LogP contribution in [0.3, 0.4) is 0 Å². The van der Waals surface area contributed by atoms with Crippen molar-refractivity contribution in [3.8, 4) is 5.75 Å². The van der Waals surface area contributed by atoms with E-state index in [0.29, 0.717) is 16.5 Å². The molecule has 1 aromatic carbocycles. The molecule has 1 fully saturated rings. The maximum atomic E-state index is 11.5. The summed E-state index contributed by atoms with van der Waals surface area (Å²) >= 11 is 4.72. The summed E-state index contributed by atoms with van der Waals surface area (Å²) in [5, 5.41) is 37.0. The zero-order valence-electron chi connectivity index (χ0n) is 17.9. The Balaban J connectivity index is 0.00000289. The van der Waals surface area contributed by atoms with Crippen molar-refractivity contribution < 1.29 is 37.2 Å². The molecule has 11 heteroatoms. The van der Waals surface area contributed by atoms with Gasteiger partial charge in [0.15, 0.2) is 5.54 Å².